The third-order valence-electron chi connectivity index (χ3n) is 1.98. The van der Waals surface area contributed by atoms with Gasteiger partial charge >= 0.3 is 0 Å². The number of aromatic hydroxyl groups is 1. The minimum absolute atomic E-state index is 0.261. The lowest BCUT2D eigenvalue weighted by Crippen LogP contribution is -1.88. The van der Waals surface area contributed by atoms with Crippen LogP contribution in [0.4, 0.5) is 11.4 Å². The SMILES string of the molecule is Oc1cccc(Nc2ccc(Br)cc2)c1. The van der Waals surface area contributed by atoms with E-state index in [1.165, 1.54) is 0 Å². The maximum atomic E-state index is 9.29. The Labute approximate surface area is 96.7 Å². The Morgan fingerprint density at radius 3 is 2.33 bits per heavy atom. The molecule has 0 unspecified atom stereocenters. The van der Waals surface area contributed by atoms with Crippen LogP contribution in [0.25, 0.3) is 0 Å². The Kier molecular flexibility index (Phi) is 2.92. The Balaban J connectivity index is 2.18. The standard InChI is InChI=1S/C12H10BrNO/c13-9-4-6-10(7-5-9)14-11-2-1-3-12(15)8-11/h1-8,14-15H. The molecule has 3 heteroatoms. The second-order valence-electron chi connectivity index (χ2n) is 3.18. The van der Waals surface area contributed by atoms with Crippen molar-refractivity contribution in [2.45, 2.75) is 0 Å². The molecular weight excluding hydrogens is 254 g/mol. The molecule has 0 atom stereocenters. The summed E-state index contributed by atoms with van der Waals surface area (Å²) in [7, 11) is 0. The van der Waals surface area contributed by atoms with Gasteiger partial charge in [0.05, 0.1) is 0 Å². The first-order valence-corrected chi connectivity index (χ1v) is 5.35. The minimum Gasteiger partial charge on any atom is -0.508 e. The number of halogens is 1. The maximum absolute atomic E-state index is 9.29. The minimum atomic E-state index is 0.261. The summed E-state index contributed by atoms with van der Waals surface area (Å²) in [5.41, 5.74) is 1.86. The smallest absolute Gasteiger partial charge is 0.117 e. The van der Waals surface area contributed by atoms with Crippen molar-refractivity contribution in [1.82, 2.24) is 0 Å². The second kappa shape index (κ2) is 4.36. The summed E-state index contributed by atoms with van der Waals surface area (Å²) in [5, 5.41) is 12.5. The van der Waals surface area contributed by atoms with Crippen molar-refractivity contribution in [2.24, 2.45) is 0 Å². The summed E-state index contributed by atoms with van der Waals surface area (Å²) >= 11 is 3.37. The Morgan fingerprint density at radius 2 is 1.67 bits per heavy atom. The van der Waals surface area contributed by atoms with Crippen molar-refractivity contribution in [3.05, 3.63) is 53.0 Å². The van der Waals surface area contributed by atoms with Gasteiger partial charge < -0.3 is 10.4 Å². The van der Waals surface area contributed by atoms with Gasteiger partial charge in [-0.25, -0.2) is 0 Å². The molecule has 2 nitrogen and oxygen atoms in total. The molecule has 2 rings (SSSR count). The number of anilines is 2. The highest BCUT2D eigenvalue weighted by molar-refractivity contribution is 9.10. The van der Waals surface area contributed by atoms with Crippen molar-refractivity contribution in [3.63, 3.8) is 0 Å². The number of phenolic OH excluding ortho intramolecular Hbond substituents is 1. The van der Waals surface area contributed by atoms with Gasteiger partial charge in [0.25, 0.3) is 0 Å². The Morgan fingerprint density at radius 1 is 0.933 bits per heavy atom. The molecule has 2 N–H and O–H groups in total. The first kappa shape index (κ1) is 10.1. The molecule has 2 aromatic rings. The van der Waals surface area contributed by atoms with Crippen molar-refractivity contribution in [1.29, 1.82) is 0 Å². The van der Waals surface area contributed by atoms with E-state index in [9.17, 15) is 5.11 Å². The molecule has 0 aliphatic rings. The summed E-state index contributed by atoms with van der Waals surface area (Å²) in [6, 6.07) is 14.9. The maximum Gasteiger partial charge on any atom is 0.117 e. The van der Waals surface area contributed by atoms with E-state index >= 15 is 0 Å². The molecule has 0 saturated carbocycles. The number of nitrogens with one attached hydrogen (secondary N) is 1. The molecule has 0 fully saturated rings. The Hall–Kier alpha value is -1.48. The van der Waals surface area contributed by atoms with Gasteiger partial charge in [0.1, 0.15) is 5.75 Å². The predicted molar refractivity (Wildman–Crippen MR) is 65.5 cm³/mol. The van der Waals surface area contributed by atoms with Crippen LogP contribution < -0.4 is 5.32 Å². The van der Waals surface area contributed by atoms with Gasteiger partial charge in [-0.15, -0.1) is 0 Å². The van der Waals surface area contributed by atoms with E-state index in [4.69, 9.17) is 0 Å². The fraction of sp³-hybridized carbons (Fsp3) is 0. The normalized spacial score (nSPS) is 9.93. The summed E-state index contributed by atoms with van der Waals surface area (Å²) in [4.78, 5) is 0. The quantitative estimate of drug-likeness (QED) is 0.862. The van der Waals surface area contributed by atoms with E-state index in [0.29, 0.717) is 0 Å². The number of hydrogen-bond donors (Lipinski definition) is 2. The molecule has 0 amide bonds. The molecule has 2 aromatic carbocycles. The average molecular weight is 264 g/mol. The van der Waals surface area contributed by atoms with Crippen LogP contribution in [0.2, 0.25) is 0 Å². The summed E-state index contributed by atoms with van der Waals surface area (Å²) in [5.74, 6) is 0.261. The van der Waals surface area contributed by atoms with Gasteiger partial charge in [-0.3, -0.25) is 0 Å². The molecule has 0 aromatic heterocycles. The third-order valence-corrected chi connectivity index (χ3v) is 2.51. The zero-order valence-electron chi connectivity index (χ0n) is 7.94. The van der Waals surface area contributed by atoms with Crippen LogP contribution in [0.15, 0.2) is 53.0 Å². The van der Waals surface area contributed by atoms with Gasteiger partial charge in [0, 0.05) is 21.9 Å². The van der Waals surface area contributed by atoms with Crippen LogP contribution in [-0.4, -0.2) is 5.11 Å². The summed E-state index contributed by atoms with van der Waals surface area (Å²) in [6.07, 6.45) is 0. The molecule has 15 heavy (non-hydrogen) atoms. The molecule has 0 aliphatic heterocycles. The number of hydrogen-bond acceptors (Lipinski definition) is 2. The highest BCUT2D eigenvalue weighted by Gasteiger charge is 1.95. The van der Waals surface area contributed by atoms with Gasteiger partial charge in [-0.1, -0.05) is 22.0 Å². The molecule has 0 spiro atoms. The molecule has 0 saturated heterocycles. The lowest BCUT2D eigenvalue weighted by molar-refractivity contribution is 0.475. The fourth-order valence-electron chi connectivity index (χ4n) is 1.28. The number of phenols is 1. The van der Waals surface area contributed by atoms with Gasteiger partial charge in [-0.2, -0.15) is 0 Å². The van der Waals surface area contributed by atoms with Gasteiger partial charge in [-0.05, 0) is 36.4 Å². The molecule has 76 valence electrons. The average Bonchev–Trinajstić information content (AvgIpc) is 2.22. The molecule has 0 aliphatic carbocycles. The van der Waals surface area contributed by atoms with E-state index in [1.54, 1.807) is 18.2 Å². The highest BCUT2D eigenvalue weighted by atomic mass is 79.9. The van der Waals surface area contributed by atoms with Crippen LogP contribution in [-0.2, 0) is 0 Å². The van der Waals surface area contributed by atoms with Crippen molar-refractivity contribution in [2.75, 3.05) is 5.32 Å². The van der Waals surface area contributed by atoms with Crippen LogP contribution in [0.1, 0.15) is 0 Å². The van der Waals surface area contributed by atoms with Gasteiger partial charge in [0.2, 0.25) is 0 Å². The third kappa shape index (κ3) is 2.73. The molecule has 0 heterocycles. The number of rotatable bonds is 2. The van der Waals surface area contributed by atoms with E-state index in [1.807, 2.05) is 30.3 Å². The van der Waals surface area contributed by atoms with E-state index in [-0.39, 0.29) is 5.75 Å². The van der Waals surface area contributed by atoms with E-state index in [2.05, 4.69) is 21.2 Å². The summed E-state index contributed by atoms with van der Waals surface area (Å²) in [6.45, 7) is 0. The predicted octanol–water partition coefficient (Wildman–Crippen LogP) is 3.90. The Bertz CT molecular complexity index is 453. The van der Waals surface area contributed by atoms with Crippen LogP contribution in [0.5, 0.6) is 5.75 Å². The van der Waals surface area contributed by atoms with E-state index in [0.717, 1.165) is 15.8 Å². The van der Waals surface area contributed by atoms with Crippen molar-refractivity contribution < 1.29 is 5.11 Å². The number of benzene rings is 2. The fourth-order valence-corrected chi connectivity index (χ4v) is 1.55. The van der Waals surface area contributed by atoms with E-state index < -0.39 is 0 Å². The van der Waals surface area contributed by atoms with Crippen molar-refractivity contribution in [3.8, 4) is 5.75 Å². The molecule has 0 radical (unpaired) electrons. The van der Waals surface area contributed by atoms with Gasteiger partial charge in [0.15, 0.2) is 0 Å². The second-order valence-corrected chi connectivity index (χ2v) is 4.10. The first-order valence-electron chi connectivity index (χ1n) is 4.56. The molecule has 0 bridgehead atoms. The lowest BCUT2D eigenvalue weighted by atomic mass is 10.2. The largest absolute Gasteiger partial charge is 0.508 e. The summed E-state index contributed by atoms with van der Waals surface area (Å²) < 4.78 is 1.05. The van der Waals surface area contributed by atoms with Crippen LogP contribution >= 0.6 is 15.9 Å². The van der Waals surface area contributed by atoms with Crippen LogP contribution in [0.3, 0.4) is 0 Å². The zero-order valence-corrected chi connectivity index (χ0v) is 9.53. The first-order chi connectivity index (χ1) is 7.24. The zero-order chi connectivity index (χ0) is 10.7. The monoisotopic (exact) mass is 263 g/mol. The lowest BCUT2D eigenvalue weighted by Gasteiger charge is -2.06. The highest BCUT2D eigenvalue weighted by Crippen LogP contribution is 2.21. The molecular formula is C12H10BrNO. The van der Waals surface area contributed by atoms with Crippen molar-refractivity contribution >= 4 is 27.3 Å². The topological polar surface area (TPSA) is 32.3 Å². The van der Waals surface area contributed by atoms with Crippen LogP contribution in [0, 0.1) is 0 Å².